The fourth-order valence-electron chi connectivity index (χ4n) is 1.45. The minimum atomic E-state index is -0.441. The summed E-state index contributed by atoms with van der Waals surface area (Å²) in [6.07, 6.45) is 0.0214. The summed E-state index contributed by atoms with van der Waals surface area (Å²) in [4.78, 5) is 12.1. The van der Waals surface area contributed by atoms with Crippen molar-refractivity contribution in [1.29, 1.82) is 0 Å². The lowest BCUT2D eigenvalue weighted by molar-refractivity contribution is -0.117. The van der Waals surface area contributed by atoms with Crippen molar-refractivity contribution in [3.8, 4) is 0 Å². The molecule has 0 aromatic heterocycles. The molecule has 0 amide bonds. The highest BCUT2D eigenvalue weighted by Gasteiger charge is 2.04. The number of Topliss-reactive ketones (excluding diaryl/α,β-unsaturated/α-hetero) is 1. The summed E-state index contributed by atoms with van der Waals surface area (Å²) < 4.78 is 38.2. The molecular formula is C15H14O. The Labute approximate surface area is 103 Å². The van der Waals surface area contributed by atoms with Crippen molar-refractivity contribution in [3.63, 3.8) is 0 Å². The van der Waals surface area contributed by atoms with Gasteiger partial charge in [0, 0.05) is 12.8 Å². The first-order chi connectivity index (χ1) is 9.91. The Kier molecular flexibility index (Phi) is 1.97. The van der Waals surface area contributed by atoms with E-state index in [4.69, 9.17) is 6.85 Å². The molecule has 80 valence electrons. The lowest BCUT2D eigenvalue weighted by Gasteiger charge is -2.01. The van der Waals surface area contributed by atoms with Crippen LogP contribution in [0.5, 0.6) is 0 Å². The molecule has 0 saturated heterocycles. The van der Waals surface area contributed by atoms with Crippen molar-refractivity contribution in [2.24, 2.45) is 0 Å². The van der Waals surface area contributed by atoms with Gasteiger partial charge in [0.1, 0.15) is 5.78 Å². The number of carbonyl (C=O) groups is 1. The van der Waals surface area contributed by atoms with Crippen LogP contribution in [0.4, 0.5) is 0 Å². The molecule has 0 unspecified atom stereocenters. The minimum Gasteiger partial charge on any atom is -0.299 e. The molecule has 0 atom stereocenters. The summed E-state index contributed by atoms with van der Waals surface area (Å²) in [7, 11) is 0. The Balaban J connectivity index is 2.26. The highest BCUT2D eigenvalue weighted by atomic mass is 16.1. The number of ketones is 1. The molecule has 16 heavy (non-hydrogen) atoms. The monoisotopic (exact) mass is 215 g/mol. The Morgan fingerprint density at radius 2 is 1.56 bits per heavy atom. The highest BCUT2D eigenvalue weighted by molar-refractivity contribution is 5.83. The van der Waals surface area contributed by atoms with Gasteiger partial charge < -0.3 is 0 Å². The van der Waals surface area contributed by atoms with E-state index in [9.17, 15) is 4.79 Å². The second-order valence-electron chi connectivity index (χ2n) is 3.48. The minimum absolute atomic E-state index is 0.0573. The third-order valence-electron chi connectivity index (χ3n) is 2.17. The standard InChI is InChI=1S/C15H14O/c16-15(11-13-7-3-1-4-8-13)12-14-9-5-2-6-10-14/h1-10H,11-12H2/i1D,3D,4D,7D,8D. The van der Waals surface area contributed by atoms with Crippen molar-refractivity contribution >= 4 is 5.78 Å². The predicted octanol–water partition coefficient (Wildman–Crippen LogP) is 3.04. The van der Waals surface area contributed by atoms with Gasteiger partial charge in [-0.3, -0.25) is 4.79 Å². The van der Waals surface area contributed by atoms with Gasteiger partial charge in [-0.1, -0.05) is 60.5 Å². The normalized spacial score (nSPS) is 14.4. The van der Waals surface area contributed by atoms with Gasteiger partial charge in [-0.05, 0) is 11.1 Å². The third kappa shape index (κ3) is 3.06. The van der Waals surface area contributed by atoms with E-state index in [1.54, 1.807) is 0 Å². The maximum atomic E-state index is 12.1. The van der Waals surface area contributed by atoms with Crippen LogP contribution < -0.4 is 0 Å². The Morgan fingerprint density at radius 1 is 0.938 bits per heavy atom. The Morgan fingerprint density at radius 3 is 2.25 bits per heavy atom. The van der Waals surface area contributed by atoms with E-state index in [2.05, 4.69) is 0 Å². The van der Waals surface area contributed by atoms with E-state index in [1.165, 1.54) is 0 Å². The summed E-state index contributed by atoms with van der Waals surface area (Å²) in [5, 5.41) is 0. The first-order valence-electron chi connectivity index (χ1n) is 7.53. The average molecular weight is 215 g/mol. The average Bonchev–Trinajstić information content (AvgIpc) is 2.48. The van der Waals surface area contributed by atoms with Crippen LogP contribution in [0.25, 0.3) is 0 Å². The molecule has 0 radical (unpaired) electrons. The number of rotatable bonds is 4. The van der Waals surface area contributed by atoms with Crippen LogP contribution in [-0.4, -0.2) is 5.78 Å². The third-order valence-corrected chi connectivity index (χ3v) is 2.17. The van der Waals surface area contributed by atoms with E-state index in [-0.39, 0.29) is 36.3 Å². The summed E-state index contributed by atoms with van der Waals surface area (Å²) in [5.74, 6) is -0.181. The molecule has 2 rings (SSSR count). The van der Waals surface area contributed by atoms with E-state index >= 15 is 0 Å². The molecule has 0 spiro atoms. The van der Waals surface area contributed by atoms with E-state index < -0.39 is 18.1 Å². The molecule has 1 nitrogen and oxygen atoms in total. The first kappa shape index (κ1) is 6.00. The summed E-state index contributed by atoms with van der Waals surface area (Å²) >= 11 is 0. The lowest BCUT2D eigenvalue weighted by Crippen LogP contribution is -2.06. The van der Waals surface area contributed by atoms with Gasteiger partial charge >= 0.3 is 0 Å². The molecule has 0 bridgehead atoms. The molecule has 0 aliphatic carbocycles. The smallest absolute Gasteiger partial charge is 0.141 e. The van der Waals surface area contributed by atoms with Gasteiger partial charge in [0.15, 0.2) is 0 Å². The SMILES string of the molecule is [2H]c1c([2H])c([2H])c(CC(=O)Cc2ccccc2)c([2H])c1[2H]. The van der Waals surface area contributed by atoms with E-state index in [0.717, 1.165) is 5.56 Å². The summed E-state index contributed by atoms with van der Waals surface area (Å²) in [5.41, 5.74) is 0.900. The summed E-state index contributed by atoms with van der Waals surface area (Å²) in [6, 6.07) is 7.29. The highest BCUT2D eigenvalue weighted by Crippen LogP contribution is 2.05. The molecule has 1 heteroatoms. The van der Waals surface area contributed by atoms with Crippen molar-refractivity contribution in [3.05, 3.63) is 71.7 Å². The molecule has 0 saturated carbocycles. The topological polar surface area (TPSA) is 17.1 Å². The van der Waals surface area contributed by atoms with Crippen molar-refractivity contribution in [1.82, 2.24) is 0 Å². The van der Waals surface area contributed by atoms with Crippen LogP contribution in [0.15, 0.2) is 60.5 Å². The van der Waals surface area contributed by atoms with Crippen molar-refractivity contribution < 1.29 is 11.6 Å². The van der Waals surface area contributed by atoms with Crippen LogP contribution >= 0.6 is 0 Å². The Hall–Kier alpha value is -1.89. The Bertz CT molecular complexity index is 653. The molecule has 2 aromatic carbocycles. The molecule has 2 aromatic rings. The maximum absolute atomic E-state index is 12.1. The maximum Gasteiger partial charge on any atom is 0.141 e. The van der Waals surface area contributed by atoms with Crippen LogP contribution in [0, 0.1) is 0 Å². The fourth-order valence-corrected chi connectivity index (χ4v) is 1.45. The number of carbonyl (C=O) groups excluding carboxylic acids is 1. The van der Waals surface area contributed by atoms with Gasteiger partial charge in [0.05, 0.1) is 6.85 Å². The summed E-state index contributed by atoms with van der Waals surface area (Å²) in [6.45, 7) is 0. The second kappa shape index (κ2) is 5.26. The van der Waals surface area contributed by atoms with Crippen LogP contribution in [0.3, 0.4) is 0 Å². The first-order valence-corrected chi connectivity index (χ1v) is 5.03. The fraction of sp³-hybridized carbons (Fsp3) is 0.133. The van der Waals surface area contributed by atoms with Gasteiger partial charge in [-0.15, -0.1) is 0 Å². The van der Waals surface area contributed by atoms with Gasteiger partial charge in [-0.2, -0.15) is 0 Å². The zero-order chi connectivity index (χ0) is 15.6. The molecular weight excluding hydrogens is 196 g/mol. The van der Waals surface area contributed by atoms with Gasteiger partial charge in [-0.25, -0.2) is 0 Å². The number of hydrogen-bond donors (Lipinski definition) is 0. The number of hydrogen-bond acceptors (Lipinski definition) is 1. The quantitative estimate of drug-likeness (QED) is 0.766. The van der Waals surface area contributed by atoms with Crippen LogP contribution in [0.2, 0.25) is 0 Å². The molecule has 0 N–H and O–H groups in total. The zero-order valence-corrected chi connectivity index (χ0v) is 8.71. The second-order valence-corrected chi connectivity index (χ2v) is 3.48. The van der Waals surface area contributed by atoms with Gasteiger partial charge in [0.25, 0.3) is 0 Å². The molecule has 0 aliphatic rings. The van der Waals surface area contributed by atoms with Gasteiger partial charge in [0.2, 0.25) is 0 Å². The van der Waals surface area contributed by atoms with Crippen molar-refractivity contribution in [2.75, 3.05) is 0 Å². The zero-order valence-electron chi connectivity index (χ0n) is 13.7. The molecule has 0 fully saturated rings. The van der Waals surface area contributed by atoms with Crippen molar-refractivity contribution in [2.45, 2.75) is 12.8 Å². The largest absolute Gasteiger partial charge is 0.299 e. The van der Waals surface area contributed by atoms with Crippen LogP contribution in [0.1, 0.15) is 18.0 Å². The number of benzene rings is 2. The van der Waals surface area contributed by atoms with E-state index in [1.807, 2.05) is 30.3 Å². The van der Waals surface area contributed by atoms with E-state index in [0.29, 0.717) is 0 Å². The predicted molar refractivity (Wildman–Crippen MR) is 65.3 cm³/mol. The van der Waals surface area contributed by atoms with Crippen LogP contribution in [-0.2, 0) is 17.6 Å². The lowest BCUT2D eigenvalue weighted by atomic mass is 10.0. The molecule has 0 heterocycles. The molecule has 0 aliphatic heterocycles.